The Morgan fingerprint density at radius 2 is 1.92 bits per heavy atom. The van der Waals surface area contributed by atoms with Crippen molar-refractivity contribution >= 4 is 46.6 Å². The Morgan fingerprint density at radius 3 is 2.54 bits per heavy atom. The lowest BCUT2D eigenvalue weighted by Crippen LogP contribution is -2.21. The average Bonchev–Trinajstić information content (AvgIpc) is 2.52. The maximum atomic E-state index is 12.1. The third-order valence-electron chi connectivity index (χ3n) is 3.19. The summed E-state index contributed by atoms with van der Waals surface area (Å²) in [5, 5.41) is 14.5. The Balaban J connectivity index is 2.05. The van der Waals surface area contributed by atoms with Crippen molar-refractivity contribution in [2.24, 2.45) is 0 Å². The van der Waals surface area contributed by atoms with E-state index >= 15 is 0 Å². The first-order chi connectivity index (χ1) is 11.4. The topological polar surface area (TPSA) is 62.1 Å². The third kappa shape index (κ3) is 4.81. The molecule has 7 heteroatoms. The van der Waals surface area contributed by atoms with Crippen molar-refractivity contribution in [3.05, 3.63) is 51.5 Å². The minimum absolute atomic E-state index is 0.187. The van der Waals surface area contributed by atoms with Crippen LogP contribution < -0.4 is 10.1 Å². The molecule has 124 valence electrons. The molecule has 1 amide bonds. The number of rotatable bonds is 5. The molecule has 2 aromatic rings. The van der Waals surface area contributed by atoms with E-state index in [4.69, 9.17) is 33.2 Å². The SMILES string of the molecule is Cc1cc(SC#N)cc(C)c1NC(=O)COc1cc(Cl)ccc1Cl. The second-order valence-corrected chi connectivity index (χ2v) is 6.74. The molecule has 0 aromatic heterocycles. The van der Waals surface area contributed by atoms with Crippen LogP contribution in [0.1, 0.15) is 11.1 Å². The Hall–Kier alpha value is -1.87. The van der Waals surface area contributed by atoms with Gasteiger partial charge in [-0.3, -0.25) is 4.79 Å². The number of nitriles is 1. The van der Waals surface area contributed by atoms with Crippen molar-refractivity contribution in [1.82, 2.24) is 0 Å². The van der Waals surface area contributed by atoms with Gasteiger partial charge in [0.05, 0.1) is 5.02 Å². The van der Waals surface area contributed by atoms with Crippen LogP contribution in [0.3, 0.4) is 0 Å². The lowest BCUT2D eigenvalue weighted by molar-refractivity contribution is -0.118. The summed E-state index contributed by atoms with van der Waals surface area (Å²) in [6, 6.07) is 8.51. The molecule has 1 N–H and O–H groups in total. The number of thioether (sulfide) groups is 1. The van der Waals surface area contributed by atoms with Gasteiger partial charge in [0.25, 0.3) is 5.91 Å². The summed E-state index contributed by atoms with van der Waals surface area (Å²) >= 11 is 13.0. The first-order valence-electron chi connectivity index (χ1n) is 6.95. The predicted molar refractivity (Wildman–Crippen MR) is 98.0 cm³/mol. The van der Waals surface area contributed by atoms with Crippen LogP contribution in [0.2, 0.25) is 10.0 Å². The van der Waals surface area contributed by atoms with Crippen LogP contribution in [0.5, 0.6) is 5.75 Å². The summed E-state index contributed by atoms with van der Waals surface area (Å²) in [6.07, 6.45) is 0. The second kappa shape index (κ2) is 8.29. The number of amides is 1. The van der Waals surface area contributed by atoms with Gasteiger partial charge in [-0.2, -0.15) is 5.26 Å². The van der Waals surface area contributed by atoms with E-state index in [9.17, 15) is 4.79 Å². The van der Waals surface area contributed by atoms with Gasteiger partial charge in [-0.1, -0.05) is 23.2 Å². The number of nitrogens with one attached hydrogen (secondary N) is 1. The van der Waals surface area contributed by atoms with Gasteiger partial charge in [0.1, 0.15) is 11.2 Å². The lowest BCUT2D eigenvalue weighted by atomic mass is 10.1. The molecular weight excluding hydrogens is 367 g/mol. The van der Waals surface area contributed by atoms with Gasteiger partial charge in [-0.05, 0) is 61.0 Å². The van der Waals surface area contributed by atoms with Crippen molar-refractivity contribution in [3.63, 3.8) is 0 Å². The van der Waals surface area contributed by atoms with E-state index in [1.165, 1.54) is 0 Å². The lowest BCUT2D eigenvalue weighted by Gasteiger charge is -2.14. The summed E-state index contributed by atoms with van der Waals surface area (Å²) < 4.78 is 5.42. The molecule has 24 heavy (non-hydrogen) atoms. The van der Waals surface area contributed by atoms with Gasteiger partial charge in [-0.15, -0.1) is 0 Å². The molecule has 0 saturated heterocycles. The zero-order valence-corrected chi connectivity index (χ0v) is 15.4. The highest BCUT2D eigenvalue weighted by Crippen LogP contribution is 2.29. The molecule has 0 saturated carbocycles. The summed E-state index contributed by atoms with van der Waals surface area (Å²) in [5.41, 5.74) is 2.46. The highest BCUT2D eigenvalue weighted by Gasteiger charge is 2.11. The van der Waals surface area contributed by atoms with Crippen LogP contribution in [-0.2, 0) is 4.79 Å². The number of nitrogens with zero attached hydrogens (tertiary/aromatic N) is 1. The zero-order valence-electron chi connectivity index (χ0n) is 13.0. The number of halogens is 2. The first kappa shape index (κ1) is 18.5. The molecule has 0 bridgehead atoms. The van der Waals surface area contributed by atoms with Crippen molar-refractivity contribution in [2.45, 2.75) is 18.7 Å². The molecule has 0 radical (unpaired) electrons. The number of carbonyl (C=O) groups excluding carboxylic acids is 1. The molecule has 4 nitrogen and oxygen atoms in total. The van der Waals surface area contributed by atoms with Gasteiger partial charge in [0, 0.05) is 21.7 Å². The van der Waals surface area contributed by atoms with E-state index in [1.54, 1.807) is 18.2 Å². The summed E-state index contributed by atoms with van der Waals surface area (Å²) in [7, 11) is 0. The predicted octanol–water partition coefficient (Wildman–Crippen LogP) is 5.20. The number of aryl methyl sites for hydroxylation is 2. The number of anilines is 1. The van der Waals surface area contributed by atoms with Crippen molar-refractivity contribution in [2.75, 3.05) is 11.9 Å². The first-order valence-corrected chi connectivity index (χ1v) is 8.53. The quantitative estimate of drug-likeness (QED) is 0.571. The monoisotopic (exact) mass is 380 g/mol. The fourth-order valence-electron chi connectivity index (χ4n) is 2.14. The average molecular weight is 381 g/mol. The summed E-state index contributed by atoms with van der Waals surface area (Å²) in [6.45, 7) is 3.56. The van der Waals surface area contributed by atoms with Crippen molar-refractivity contribution in [3.8, 4) is 11.2 Å². The molecule has 0 unspecified atom stereocenters. The number of thiocyanates is 1. The molecule has 0 aliphatic heterocycles. The molecule has 0 atom stereocenters. The molecule has 0 fully saturated rings. The minimum atomic E-state index is -0.307. The maximum Gasteiger partial charge on any atom is 0.262 e. The van der Waals surface area contributed by atoms with Crippen LogP contribution in [0.4, 0.5) is 5.69 Å². The van der Waals surface area contributed by atoms with E-state index < -0.39 is 0 Å². The van der Waals surface area contributed by atoms with Crippen LogP contribution in [0, 0.1) is 24.5 Å². The molecule has 0 heterocycles. The Morgan fingerprint density at radius 1 is 1.25 bits per heavy atom. The van der Waals surface area contributed by atoms with Gasteiger partial charge < -0.3 is 10.1 Å². The van der Waals surface area contributed by atoms with Crippen LogP contribution in [0.15, 0.2) is 35.2 Å². The van der Waals surface area contributed by atoms with Crippen LogP contribution in [-0.4, -0.2) is 12.5 Å². The largest absolute Gasteiger partial charge is 0.482 e. The van der Waals surface area contributed by atoms with E-state index in [1.807, 2.05) is 31.4 Å². The number of carbonyl (C=O) groups is 1. The molecule has 0 spiro atoms. The summed E-state index contributed by atoms with van der Waals surface area (Å²) in [4.78, 5) is 13.0. The minimum Gasteiger partial charge on any atom is -0.482 e. The third-order valence-corrected chi connectivity index (χ3v) is 4.30. The van der Waals surface area contributed by atoms with E-state index in [-0.39, 0.29) is 12.5 Å². The van der Waals surface area contributed by atoms with Gasteiger partial charge in [-0.25, -0.2) is 0 Å². The number of hydrogen-bond acceptors (Lipinski definition) is 4. The smallest absolute Gasteiger partial charge is 0.262 e. The van der Waals surface area contributed by atoms with Crippen LogP contribution >= 0.6 is 35.0 Å². The molecule has 2 rings (SSSR count). The Bertz CT molecular complexity index is 796. The molecule has 0 aliphatic carbocycles. The Kier molecular flexibility index (Phi) is 6.38. The summed E-state index contributed by atoms with van der Waals surface area (Å²) in [5.74, 6) is 0.0476. The second-order valence-electron chi connectivity index (χ2n) is 5.04. The number of ether oxygens (including phenoxy) is 1. The van der Waals surface area contributed by atoms with E-state index in [2.05, 4.69) is 5.32 Å². The van der Waals surface area contributed by atoms with E-state index in [0.717, 1.165) is 27.8 Å². The Labute approximate surface area is 154 Å². The highest BCUT2D eigenvalue weighted by atomic mass is 35.5. The standard InChI is InChI=1S/C17H14Cl2N2O2S/c1-10-5-13(24-9-20)6-11(2)17(10)21-16(22)8-23-15-7-12(18)3-4-14(15)19/h3-7H,8H2,1-2H3,(H,21,22). The number of hydrogen-bond donors (Lipinski definition) is 1. The maximum absolute atomic E-state index is 12.1. The molecule has 0 aliphatic rings. The fourth-order valence-corrected chi connectivity index (χ4v) is 3.05. The highest BCUT2D eigenvalue weighted by molar-refractivity contribution is 8.03. The van der Waals surface area contributed by atoms with Gasteiger partial charge >= 0.3 is 0 Å². The molecular formula is C17H14Cl2N2O2S. The normalized spacial score (nSPS) is 10.1. The zero-order chi connectivity index (χ0) is 17.7. The van der Waals surface area contributed by atoms with Crippen LogP contribution in [0.25, 0.3) is 0 Å². The fraction of sp³-hybridized carbons (Fsp3) is 0.176. The number of benzene rings is 2. The van der Waals surface area contributed by atoms with Crippen molar-refractivity contribution in [1.29, 1.82) is 5.26 Å². The van der Waals surface area contributed by atoms with Crippen molar-refractivity contribution < 1.29 is 9.53 Å². The molecule has 2 aromatic carbocycles. The van der Waals surface area contributed by atoms with E-state index in [0.29, 0.717) is 21.5 Å². The van der Waals surface area contributed by atoms with Gasteiger partial charge in [0.15, 0.2) is 6.61 Å². The van der Waals surface area contributed by atoms with Gasteiger partial charge in [0.2, 0.25) is 0 Å².